The molecular weight excluding hydrogens is 230 g/mol. The van der Waals surface area contributed by atoms with Gasteiger partial charge in [-0.25, -0.2) is 4.68 Å². The highest BCUT2D eigenvalue weighted by molar-refractivity contribution is 5.41. The van der Waals surface area contributed by atoms with Crippen LogP contribution in [0.1, 0.15) is 32.1 Å². The maximum absolute atomic E-state index is 11.9. The average Bonchev–Trinajstić information content (AvgIpc) is 3.02. The Morgan fingerprint density at radius 1 is 1.44 bits per heavy atom. The summed E-state index contributed by atoms with van der Waals surface area (Å²) in [4.78, 5) is 11.9. The van der Waals surface area contributed by atoms with E-state index >= 15 is 0 Å². The van der Waals surface area contributed by atoms with E-state index in [1.165, 1.54) is 17.5 Å². The summed E-state index contributed by atoms with van der Waals surface area (Å²) in [6.45, 7) is 1.50. The lowest BCUT2D eigenvalue weighted by atomic mass is 10.2. The fourth-order valence-electron chi connectivity index (χ4n) is 2.28. The van der Waals surface area contributed by atoms with Gasteiger partial charge in [-0.2, -0.15) is 5.10 Å². The third-order valence-corrected chi connectivity index (χ3v) is 3.50. The second-order valence-corrected chi connectivity index (χ2v) is 5.15. The zero-order chi connectivity index (χ0) is 12.4. The summed E-state index contributed by atoms with van der Waals surface area (Å²) in [5, 5.41) is 7.49. The molecule has 1 aliphatic carbocycles. The van der Waals surface area contributed by atoms with Crippen LogP contribution in [0.2, 0.25) is 0 Å². The number of rotatable bonds is 5. The minimum atomic E-state index is -0.0290. The normalized spacial score (nSPS) is 23.2. The van der Waals surface area contributed by atoms with Crippen molar-refractivity contribution >= 4 is 5.69 Å². The number of ether oxygens (including phenoxy) is 1. The van der Waals surface area contributed by atoms with E-state index in [9.17, 15) is 4.79 Å². The van der Waals surface area contributed by atoms with Crippen molar-refractivity contribution in [2.24, 2.45) is 0 Å². The van der Waals surface area contributed by atoms with Crippen LogP contribution in [0.5, 0.6) is 0 Å². The highest BCUT2D eigenvalue weighted by Gasteiger charge is 2.21. The Hall–Kier alpha value is -1.36. The number of aryl methyl sites for hydroxylation is 1. The summed E-state index contributed by atoms with van der Waals surface area (Å²) in [7, 11) is 0. The van der Waals surface area contributed by atoms with E-state index in [1.807, 2.05) is 0 Å². The monoisotopic (exact) mass is 249 g/mol. The van der Waals surface area contributed by atoms with Gasteiger partial charge in [-0.1, -0.05) is 0 Å². The second kappa shape index (κ2) is 5.10. The number of hydrogen-bond acceptors (Lipinski definition) is 4. The van der Waals surface area contributed by atoms with Crippen LogP contribution < -0.4 is 10.9 Å². The predicted octanol–water partition coefficient (Wildman–Crippen LogP) is 1.39. The van der Waals surface area contributed by atoms with Crippen LogP contribution >= 0.6 is 0 Å². The van der Waals surface area contributed by atoms with Crippen molar-refractivity contribution < 1.29 is 4.74 Å². The Kier molecular flexibility index (Phi) is 3.32. The molecule has 0 radical (unpaired) electrons. The molecule has 1 unspecified atom stereocenters. The fraction of sp³-hybridized carbons (Fsp3) is 0.692. The average molecular weight is 249 g/mol. The molecule has 0 bridgehead atoms. The van der Waals surface area contributed by atoms with Gasteiger partial charge in [-0.05, 0) is 32.1 Å². The molecule has 2 aliphatic rings. The molecule has 0 spiro atoms. The van der Waals surface area contributed by atoms with E-state index in [2.05, 4.69) is 10.4 Å². The first kappa shape index (κ1) is 11.7. The van der Waals surface area contributed by atoms with Crippen molar-refractivity contribution in [1.82, 2.24) is 9.78 Å². The fourth-order valence-corrected chi connectivity index (χ4v) is 2.28. The Labute approximate surface area is 106 Å². The lowest BCUT2D eigenvalue weighted by Crippen LogP contribution is -2.24. The van der Waals surface area contributed by atoms with Crippen molar-refractivity contribution in [3.8, 4) is 0 Å². The molecule has 1 saturated heterocycles. The van der Waals surface area contributed by atoms with Crippen LogP contribution in [-0.4, -0.2) is 28.5 Å². The van der Waals surface area contributed by atoms with Crippen LogP contribution in [0.3, 0.4) is 0 Å². The molecule has 5 heteroatoms. The van der Waals surface area contributed by atoms with Gasteiger partial charge in [0.05, 0.1) is 18.0 Å². The Bertz CT molecular complexity index is 462. The molecule has 2 fully saturated rings. The highest BCUT2D eigenvalue weighted by Crippen LogP contribution is 2.23. The van der Waals surface area contributed by atoms with Gasteiger partial charge >= 0.3 is 0 Å². The molecule has 18 heavy (non-hydrogen) atoms. The minimum absolute atomic E-state index is 0.0290. The maximum Gasteiger partial charge on any atom is 0.268 e. The highest BCUT2D eigenvalue weighted by atomic mass is 16.5. The van der Waals surface area contributed by atoms with Gasteiger partial charge in [0.2, 0.25) is 0 Å². The SMILES string of the molecule is O=c1cc(NC2CC2)cnn1CCC1CCCO1. The van der Waals surface area contributed by atoms with Gasteiger partial charge < -0.3 is 10.1 Å². The molecule has 1 aromatic rings. The first-order chi connectivity index (χ1) is 8.81. The van der Waals surface area contributed by atoms with E-state index in [0.717, 1.165) is 31.6 Å². The Morgan fingerprint density at radius 3 is 3.00 bits per heavy atom. The van der Waals surface area contributed by atoms with Gasteiger partial charge in [-0.15, -0.1) is 0 Å². The van der Waals surface area contributed by atoms with E-state index in [4.69, 9.17) is 4.74 Å². The number of nitrogens with zero attached hydrogens (tertiary/aromatic N) is 2. The lowest BCUT2D eigenvalue weighted by molar-refractivity contribution is 0.0990. The van der Waals surface area contributed by atoms with Crippen LogP contribution in [0.25, 0.3) is 0 Å². The summed E-state index contributed by atoms with van der Waals surface area (Å²) in [5.74, 6) is 0. The molecule has 1 aromatic heterocycles. The quantitative estimate of drug-likeness (QED) is 0.856. The van der Waals surface area contributed by atoms with Gasteiger partial charge in [0.15, 0.2) is 0 Å². The summed E-state index contributed by atoms with van der Waals surface area (Å²) in [6, 6.07) is 2.19. The number of aromatic nitrogens is 2. The Morgan fingerprint density at radius 2 is 2.33 bits per heavy atom. The molecule has 1 atom stereocenters. The minimum Gasteiger partial charge on any atom is -0.381 e. The van der Waals surface area contributed by atoms with Crippen LogP contribution in [0, 0.1) is 0 Å². The summed E-state index contributed by atoms with van der Waals surface area (Å²) in [6.07, 6.45) is 7.57. The molecule has 1 aliphatic heterocycles. The molecule has 0 amide bonds. The zero-order valence-electron chi connectivity index (χ0n) is 10.5. The lowest BCUT2D eigenvalue weighted by Gasteiger charge is -2.10. The van der Waals surface area contributed by atoms with Crippen molar-refractivity contribution in [1.29, 1.82) is 0 Å². The van der Waals surface area contributed by atoms with Crippen molar-refractivity contribution in [3.05, 3.63) is 22.6 Å². The van der Waals surface area contributed by atoms with E-state index in [1.54, 1.807) is 12.3 Å². The third kappa shape index (κ3) is 2.90. The topological polar surface area (TPSA) is 56.2 Å². The molecule has 1 saturated carbocycles. The van der Waals surface area contributed by atoms with Crippen LogP contribution in [0.4, 0.5) is 5.69 Å². The summed E-state index contributed by atoms with van der Waals surface area (Å²) in [5.41, 5.74) is 0.814. The van der Waals surface area contributed by atoms with Crippen molar-refractivity contribution in [2.75, 3.05) is 11.9 Å². The maximum atomic E-state index is 11.9. The molecular formula is C13H19N3O2. The van der Waals surface area contributed by atoms with Crippen molar-refractivity contribution in [3.63, 3.8) is 0 Å². The first-order valence-electron chi connectivity index (χ1n) is 6.76. The summed E-state index contributed by atoms with van der Waals surface area (Å²) >= 11 is 0. The van der Waals surface area contributed by atoms with Gasteiger partial charge in [-0.3, -0.25) is 4.79 Å². The zero-order valence-corrected chi connectivity index (χ0v) is 10.5. The molecule has 5 nitrogen and oxygen atoms in total. The van der Waals surface area contributed by atoms with Gasteiger partial charge in [0.25, 0.3) is 5.56 Å². The Balaban J connectivity index is 1.59. The first-order valence-corrected chi connectivity index (χ1v) is 6.76. The number of nitrogens with one attached hydrogen (secondary N) is 1. The predicted molar refractivity (Wildman–Crippen MR) is 68.7 cm³/mol. The van der Waals surface area contributed by atoms with Crippen molar-refractivity contribution in [2.45, 2.75) is 50.8 Å². The van der Waals surface area contributed by atoms with Gasteiger partial charge in [0, 0.05) is 25.3 Å². The largest absolute Gasteiger partial charge is 0.381 e. The molecule has 0 aromatic carbocycles. The smallest absolute Gasteiger partial charge is 0.268 e. The number of anilines is 1. The molecule has 2 heterocycles. The standard InChI is InChI=1S/C13H19N3O2/c17-13-8-11(15-10-3-4-10)9-14-16(13)6-5-12-2-1-7-18-12/h8-10,12,15H,1-7H2. The molecule has 1 N–H and O–H groups in total. The second-order valence-electron chi connectivity index (χ2n) is 5.15. The number of hydrogen-bond donors (Lipinski definition) is 1. The van der Waals surface area contributed by atoms with Crippen LogP contribution in [-0.2, 0) is 11.3 Å². The molecule has 3 rings (SSSR count). The van der Waals surface area contributed by atoms with E-state index < -0.39 is 0 Å². The van der Waals surface area contributed by atoms with E-state index in [-0.39, 0.29) is 5.56 Å². The van der Waals surface area contributed by atoms with Crippen LogP contribution in [0.15, 0.2) is 17.1 Å². The van der Waals surface area contributed by atoms with Gasteiger partial charge in [0.1, 0.15) is 0 Å². The third-order valence-electron chi connectivity index (χ3n) is 3.50. The summed E-state index contributed by atoms with van der Waals surface area (Å²) < 4.78 is 7.07. The molecule has 98 valence electrons. The van der Waals surface area contributed by atoms with E-state index in [0.29, 0.717) is 18.7 Å².